The van der Waals surface area contributed by atoms with E-state index < -0.39 is 0 Å². The highest BCUT2D eigenvalue weighted by molar-refractivity contribution is 9.10. The van der Waals surface area contributed by atoms with Crippen LogP contribution in [0.2, 0.25) is 0 Å². The molecule has 5 heterocycles. The number of benzene rings is 6. The van der Waals surface area contributed by atoms with Gasteiger partial charge in [-0.1, -0.05) is 56.0 Å². The zero-order valence-corrected chi connectivity index (χ0v) is 43.4. The second-order valence-corrected chi connectivity index (χ2v) is 19.9. The number of anilines is 8. The average molecular weight is 1050 g/mol. The normalized spacial score (nSPS) is 15.9. The van der Waals surface area contributed by atoms with Gasteiger partial charge < -0.3 is 50.7 Å². The van der Waals surface area contributed by atoms with Crippen LogP contribution in [0.3, 0.4) is 0 Å². The zero-order chi connectivity index (χ0) is 50.4. The van der Waals surface area contributed by atoms with Gasteiger partial charge in [-0.15, -0.1) is 0 Å². The third kappa shape index (κ3) is 12.5. The summed E-state index contributed by atoms with van der Waals surface area (Å²) in [4.78, 5) is 23.1. The summed E-state index contributed by atoms with van der Waals surface area (Å²) in [5.41, 5.74) is 24.2. The molecular formula is C57H66BBrN10O4. The van der Waals surface area contributed by atoms with Gasteiger partial charge in [0.25, 0.3) is 0 Å². The van der Waals surface area contributed by atoms with Gasteiger partial charge >= 0.3 is 7.12 Å². The number of ether oxygens (including phenoxy) is 2. The number of aryl methyl sites for hydroxylation is 2. The predicted molar refractivity (Wildman–Crippen MR) is 305 cm³/mol. The summed E-state index contributed by atoms with van der Waals surface area (Å²) in [6.07, 6.45) is 3.71. The molecule has 73 heavy (non-hydrogen) atoms. The Morgan fingerprint density at radius 3 is 1.55 bits per heavy atom. The standard InChI is InChI=1S/C25H25N5O.C19H19BrN4O.C12H18BNO2.CH4/c1-17-5-6-19-16-27-25(29-24(19)23(17)18-3-2-4-20(26)15-18)28-21-7-9-22(10-8-21)30-11-13-31-14-12-30;1-13-2-3-14-12-21-19(23-18(14)17(13)20)22-15-4-6-16(7-5-15)24-8-10-25-11-9-24;1-11(2)12(3,4)16-13(15-11)9-6-5-7-10(14)8-9;/h2-10,15-16H,11-14,26H2,1H3,(H,27,28,29);2-7,12H,8-11H2,1H3,(H,21,22,23);5-8H,14H2,1-4H3;1H4. The fourth-order valence-electron chi connectivity index (χ4n) is 8.64. The minimum absolute atomic E-state index is 0. The number of nitrogen functional groups attached to an aromatic ring is 2. The van der Waals surface area contributed by atoms with Crippen LogP contribution in [0.25, 0.3) is 32.9 Å². The van der Waals surface area contributed by atoms with Crippen molar-refractivity contribution in [3.63, 3.8) is 0 Å². The lowest BCUT2D eigenvalue weighted by molar-refractivity contribution is 0.00578. The van der Waals surface area contributed by atoms with Crippen molar-refractivity contribution >= 4 is 96.3 Å². The molecule has 6 N–H and O–H groups in total. The van der Waals surface area contributed by atoms with Gasteiger partial charge in [0.1, 0.15) is 0 Å². The number of hydrogen-bond acceptors (Lipinski definition) is 14. The summed E-state index contributed by atoms with van der Waals surface area (Å²) in [7, 11) is -0.325. The smallest absolute Gasteiger partial charge is 0.399 e. The average Bonchev–Trinajstić information content (AvgIpc) is 3.62. The predicted octanol–water partition coefficient (Wildman–Crippen LogP) is 11.3. The molecule has 0 unspecified atom stereocenters. The van der Waals surface area contributed by atoms with Crippen molar-refractivity contribution in [2.45, 2.75) is 60.2 Å². The van der Waals surface area contributed by atoms with Gasteiger partial charge in [0.15, 0.2) is 0 Å². The van der Waals surface area contributed by atoms with E-state index in [1.165, 1.54) is 11.4 Å². The van der Waals surface area contributed by atoms with Crippen LogP contribution in [0.5, 0.6) is 0 Å². The fourth-order valence-corrected chi connectivity index (χ4v) is 9.09. The van der Waals surface area contributed by atoms with E-state index in [1.54, 1.807) is 0 Å². The molecule has 0 saturated carbocycles. The summed E-state index contributed by atoms with van der Waals surface area (Å²) in [6, 6.07) is 40.5. The molecule has 0 radical (unpaired) electrons. The summed E-state index contributed by atoms with van der Waals surface area (Å²) in [5, 5.41) is 8.65. The van der Waals surface area contributed by atoms with E-state index in [4.69, 9.17) is 35.2 Å². The van der Waals surface area contributed by atoms with E-state index in [1.807, 2.05) is 88.6 Å². The molecule has 3 saturated heterocycles. The van der Waals surface area contributed by atoms with Gasteiger partial charge in [-0.3, -0.25) is 0 Å². The van der Waals surface area contributed by atoms with Gasteiger partial charge in [-0.2, -0.15) is 0 Å². The highest BCUT2D eigenvalue weighted by atomic mass is 79.9. The van der Waals surface area contributed by atoms with Crippen molar-refractivity contribution in [3.8, 4) is 11.1 Å². The first-order valence-electron chi connectivity index (χ1n) is 24.3. The minimum atomic E-state index is -0.325. The van der Waals surface area contributed by atoms with Crippen molar-refractivity contribution in [2.75, 3.05) is 84.5 Å². The van der Waals surface area contributed by atoms with Crippen LogP contribution < -0.4 is 37.4 Å². The SMILES string of the molecule is C.CC1(C)OB(c2cccc(N)c2)OC1(C)C.Cc1ccc2cnc(Nc3ccc(N4CCOCC4)cc3)nc2c1-c1cccc(N)c1.Cc1ccc2cnc(Nc3ccc(N4CCOCC4)cc3)nc2c1Br. The number of rotatable bonds is 8. The van der Waals surface area contributed by atoms with Crippen LogP contribution in [-0.2, 0) is 18.8 Å². The number of hydrogen-bond donors (Lipinski definition) is 4. The lowest BCUT2D eigenvalue weighted by atomic mass is 9.79. The number of nitrogens with zero attached hydrogens (tertiary/aromatic N) is 6. The van der Waals surface area contributed by atoms with Gasteiger partial charge in [-0.05, 0) is 152 Å². The van der Waals surface area contributed by atoms with Crippen LogP contribution in [0.1, 0.15) is 46.2 Å². The molecular weight excluding hydrogens is 979 g/mol. The summed E-state index contributed by atoms with van der Waals surface area (Å²) >= 11 is 3.62. The second kappa shape index (κ2) is 22.9. The molecule has 3 aliphatic rings. The third-order valence-corrected chi connectivity index (χ3v) is 14.5. The highest BCUT2D eigenvalue weighted by Crippen LogP contribution is 2.37. The molecule has 16 heteroatoms. The van der Waals surface area contributed by atoms with E-state index in [0.29, 0.717) is 11.9 Å². The maximum atomic E-state index is 6.03. The Bertz CT molecular complexity index is 3130. The zero-order valence-electron chi connectivity index (χ0n) is 41.8. The molecule has 11 rings (SSSR count). The van der Waals surface area contributed by atoms with Crippen LogP contribution >= 0.6 is 15.9 Å². The molecule has 3 aliphatic heterocycles. The Kier molecular flexibility index (Phi) is 16.5. The Labute approximate surface area is 438 Å². The molecule has 6 aromatic carbocycles. The molecule has 0 aliphatic carbocycles. The lowest BCUT2D eigenvalue weighted by Gasteiger charge is -2.32. The number of aromatic nitrogens is 4. The Morgan fingerprint density at radius 2 is 1.04 bits per heavy atom. The molecule has 0 bridgehead atoms. The van der Waals surface area contributed by atoms with Crippen LogP contribution in [0.4, 0.5) is 46.0 Å². The quantitative estimate of drug-likeness (QED) is 0.0837. The number of fused-ring (bicyclic) bond motifs is 2. The molecule has 14 nitrogen and oxygen atoms in total. The van der Waals surface area contributed by atoms with E-state index in [0.717, 1.165) is 129 Å². The van der Waals surface area contributed by atoms with Crippen molar-refractivity contribution in [2.24, 2.45) is 0 Å². The minimum Gasteiger partial charge on any atom is -0.399 e. The Morgan fingerprint density at radius 1 is 0.575 bits per heavy atom. The van der Waals surface area contributed by atoms with E-state index in [2.05, 4.69) is 138 Å². The van der Waals surface area contributed by atoms with Crippen LogP contribution in [-0.4, -0.2) is 90.9 Å². The highest BCUT2D eigenvalue weighted by Gasteiger charge is 2.51. The van der Waals surface area contributed by atoms with Crippen molar-refractivity contribution in [1.82, 2.24) is 19.9 Å². The molecule has 2 aromatic heterocycles. The fraction of sp³-hybridized carbons (Fsp3) is 0.298. The van der Waals surface area contributed by atoms with Gasteiger partial charge in [0.05, 0.1) is 48.7 Å². The summed E-state index contributed by atoms with van der Waals surface area (Å²) in [5.74, 6) is 1.17. The summed E-state index contributed by atoms with van der Waals surface area (Å²) in [6.45, 7) is 19.2. The summed E-state index contributed by atoms with van der Waals surface area (Å²) < 4.78 is 23.7. The topological polar surface area (TPSA) is 171 Å². The lowest BCUT2D eigenvalue weighted by Crippen LogP contribution is -2.41. The van der Waals surface area contributed by atoms with Crippen LogP contribution in [0.15, 0.2) is 138 Å². The number of nitrogens with two attached hydrogens (primary N) is 2. The maximum absolute atomic E-state index is 6.03. The van der Waals surface area contributed by atoms with E-state index in [9.17, 15) is 0 Å². The van der Waals surface area contributed by atoms with Gasteiger partial charge in [-0.25, -0.2) is 19.9 Å². The first kappa shape index (κ1) is 52.5. The second-order valence-electron chi connectivity index (χ2n) is 19.1. The molecule has 0 spiro atoms. The molecule has 0 atom stereocenters. The van der Waals surface area contributed by atoms with Crippen LogP contribution in [0, 0.1) is 13.8 Å². The Balaban J connectivity index is 0.000000152. The monoisotopic (exact) mass is 1040 g/mol. The third-order valence-electron chi connectivity index (χ3n) is 13.5. The van der Waals surface area contributed by atoms with Crippen molar-refractivity contribution < 1.29 is 18.8 Å². The maximum Gasteiger partial charge on any atom is 0.494 e. The van der Waals surface area contributed by atoms with E-state index in [-0.39, 0.29) is 25.7 Å². The number of morpholine rings is 2. The molecule has 8 aromatic rings. The van der Waals surface area contributed by atoms with Crippen molar-refractivity contribution in [3.05, 3.63) is 149 Å². The number of halogens is 1. The van der Waals surface area contributed by atoms with Crippen molar-refractivity contribution in [1.29, 1.82) is 0 Å². The molecule has 3 fully saturated rings. The first-order chi connectivity index (χ1) is 34.7. The number of nitrogens with one attached hydrogen (secondary N) is 2. The molecule has 378 valence electrons. The molecule has 0 amide bonds. The largest absolute Gasteiger partial charge is 0.494 e. The van der Waals surface area contributed by atoms with Gasteiger partial charge in [0.2, 0.25) is 11.9 Å². The Hall–Kier alpha value is -6.82. The van der Waals surface area contributed by atoms with Gasteiger partial charge in [0, 0.05) is 93.5 Å². The van der Waals surface area contributed by atoms with E-state index >= 15 is 0 Å². The first-order valence-corrected chi connectivity index (χ1v) is 25.1.